The fraction of sp³-hybridized carbons (Fsp3) is 0.562. The van der Waals surface area contributed by atoms with Crippen LogP contribution in [0.4, 0.5) is 0 Å². The Labute approximate surface area is 116 Å². The molecular weight excluding hydrogens is 238 g/mol. The molecule has 1 N–H and O–H groups in total. The number of aliphatic carboxylic acids is 1. The largest absolute Gasteiger partial charge is 0.480 e. The van der Waals surface area contributed by atoms with Crippen molar-refractivity contribution in [2.45, 2.75) is 46.2 Å². The van der Waals surface area contributed by atoms with Crippen LogP contribution in [-0.4, -0.2) is 28.6 Å². The first kappa shape index (κ1) is 15.7. The standard InChI is InChI=1S/C16H25NO2/c1-12(2)10-13-6-8-14(9-7-13)11-17(5)16(3,4)15(18)19/h6-9,12H,10-11H2,1-5H3,(H,18,19). The van der Waals surface area contributed by atoms with Gasteiger partial charge in [-0.3, -0.25) is 9.69 Å². The van der Waals surface area contributed by atoms with Crippen LogP contribution < -0.4 is 0 Å². The molecule has 0 unspecified atom stereocenters. The summed E-state index contributed by atoms with van der Waals surface area (Å²) in [5.74, 6) is -0.147. The predicted molar refractivity (Wildman–Crippen MR) is 78.2 cm³/mol. The van der Waals surface area contributed by atoms with Crippen molar-refractivity contribution in [2.24, 2.45) is 5.92 Å². The van der Waals surface area contributed by atoms with Gasteiger partial charge in [-0.15, -0.1) is 0 Å². The zero-order valence-electron chi connectivity index (χ0n) is 12.6. The lowest BCUT2D eigenvalue weighted by atomic mass is 10.00. The van der Waals surface area contributed by atoms with Gasteiger partial charge in [0.2, 0.25) is 0 Å². The van der Waals surface area contributed by atoms with Crippen molar-refractivity contribution in [2.75, 3.05) is 7.05 Å². The van der Waals surface area contributed by atoms with Crippen LogP contribution >= 0.6 is 0 Å². The first-order chi connectivity index (χ1) is 8.73. The molecule has 1 aromatic carbocycles. The summed E-state index contributed by atoms with van der Waals surface area (Å²) in [6, 6.07) is 8.45. The van der Waals surface area contributed by atoms with Crippen LogP contribution in [-0.2, 0) is 17.8 Å². The molecule has 0 spiro atoms. The van der Waals surface area contributed by atoms with Crippen LogP contribution in [0.1, 0.15) is 38.8 Å². The van der Waals surface area contributed by atoms with Crippen molar-refractivity contribution >= 4 is 5.97 Å². The van der Waals surface area contributed by atoms with Crippen LogP contribution in [0.5, 0.6) is 0 Å². The van der Waals surface area contributed by atoms with E-state index in [1.165, 1.54) is 5.56 Å². The van der Waals surface area contributed by atoms with E-state index in [-0.39, 0.29) is 0 Å². The molecule has 0 atom stereocenters. The molecule has 0 aliphatic rings. The van der Waals surface area contributed by atoms with Crippen molar-refractivity contribution in [3.05, 3.63) is 35.4 Å². The molecule has 0 saturated carbocycles. The van der Waals surface area contributed by atoms with Gasteiger partial charge in [0.25, 0.3) is 0 Å². The summed E-state index contributed by atoms with van der Waals surface area (Å²) in [5.41, 5.74) is 1.62. The number of carboxylic acids is 1. The van der Waals surface area contributed by atoms with Crippen LogP contribution in [0.3, 0.4) is 0 Å². The molecule has 0 aromatic heterocycles. The SMILES string of the molecule is CC(C)Cc1ccc(CN(C)C(C)(C)C(=O)O)cc1. The van der Waals surface area contributed by atoms with Crippen molar-refractivity contribution in [3.8, 4) is 0 Å². The van der Waals surface area contributed by atoms with E-state index in [1.807, 2.05) is 11.9 Å². The maximum absolute atomic E-state index is 11.2. The molecule has 106 valence electrons. The lowest BCUT2D eigenvalue weighted by Gasteiger charge is -2.31. The summed E-state index contributed by atoms with van der Waals surface area (Å²) in [7, 11) is 1.84. The third-order valence-electron chi connectivity index (χ3n) is 3.56. The van der Waals surface area contributed by atoms with E-state index >= 15 is 0 Å². The lowest BCUT2D eigenvalue weighted by molar-refractivity contribution is -0.148. The smallest absolute Gasteiger partial charge is 0.323 e. The second-order valence-corrected chi connectivity index (χ2v) is 6.13. The topological polar surface area (TPSA) is 40.5 Å². The maximum atomic E-state index is 11.2. The number of rotatable bonds is 6. The summed E-state index contributed by atoms with van der Waals surface area (Å²) in [5, 5.41) is 9.19. The maximum Gasteiger partial charge on any atom is 0.323 e. The van der Waals surface area contributed by atoms with Gasteiger partial charge in [-0.05, 0) is 44.4 Å². The number of hydrogen-bond acceptors (Lipinski definition) is 2. The monoisotopic (exact) mass is 263 g/mol. The second kappa shape index (κ2) is 6.20. The highest BCUT2D eigenvalue weighted by Gasteiger charge is 2.31. The van der Waals surface area contributed by atoms with Crippen molar-refractivity contribution in [3.63, 3.8) is 0 Å². The van der Waals surface area contributed by atoms with Gasteiger partial charge in [-0.2, -0.15) is 0 Å². The predicted octanol–water partition coefficient (Wildman–Crippen LogP) is 3.18. The van der Waals surface area contributed by atoms with E-state index in [0.29, 0.717) is 12.5 Å². The molecule has 0 aliphatic carbocycles. The van der Waals surface area contributed by atoms with Gasteiger partial charge in [0, 0.05) is 6.54 Å². The number of likely N-dealkylation sites (N-methyl/N-ethyl adjacent to an activating group) is 1. The van der Waals surface area contributed by atoms with E-state index in [2.05, 4.69) is 38.1 Å². The highest BCUT2D eigenvalue weighted by atomic mass is 16.4. The molecule has 0 fully saturated rings. The molecule has 3 nitrogen and oxygen atoms in total. The van der Waals surface area contributed by atoms with Crippen LogP contribution in [0.2, 0.25) is 0 Å². The van der Waals surface area contributed by atoms with E-state index in [4.69, 9.17) is 0 Å². The molecule has 19 heavy (non-hydrogen) atoms. The number of nitrogens with zero attached hydrogens (tertiary/aromatic N) is 1. The second-order valence-electron chi connectivity index (χ2n) is 6.13. The molecule has 3 heteroatoms. The fourth-order valence-corrected chi connectivity index (χ4v) is 1.89. The van der Waals surface area contributed by atoms with Gasteiger partial charge in [-0.1, -0.05) is 38.1 Å². The molecule has 1 aromatic rings. The van der Waals surface area contributed by atoms with Crippen LogP contribution in [0.25, 0.3) is 0 Å². The van der Waals surface area contributed by atoms with Gasteiger partial charge in [-0.25, -0.2) is 0 Å². The van der Waals surface area contributed by atoms with Crippen LogP contribution in [0.15, 0.2) is 24.3 Å². The summed E-state index contributed by atoms with van der Waals surface area (Å²) in [4.78, 5) is 13.0. The third-order valence-corrected chi connectivity index (χ3v) is 3.56. The normalized spacial score (nSPS) is 12.2. The molecule has 0 saturated heterocycles. The minimum Gasteiger partial charge on any atom is -0.480 e. The Morgan fingerprint density at radius 1 is 1.21 bits per heavy atom. The van der Waals surface area contributed by atoms with E-state index < -0.39 is 11.5 Å². The average molecular weight is 263 g/mol. The molecule has 0 radical (unpaired) electrons. The first-order valence-electron chi connectivity index (χ1n) is 6.76. The highest BCUT2D eigenvalue weighted by molar-refractivity contribution is 5.77. The number of carboxylic acid groups (broad SMARTS) is 1. The molecule has 0 heterocycles. The Bertz CT molecular complexity index is 421. The zero-order chi connectivity index (χ0) is 14.6. The molecule has 1 rings (SSSR count). The van der Waals surface area contributed by atoms with Gasteiger partial charge in [0.15, 0.2) is 0 Å². The van der Waals surface area contributed by atoms with Gasteiger partial charge in [0.05, 0.1) is 0 Å². The van der Waals surface area contributed by atoms with Crippen molar-refractivity contribution in [1.82, 2.24) is 4.90 Å². The summed E-state index contributed by atoms with van der Waals surface area (Å²) in [6.45, 7) is 8.50. The highest BCUT2D eigenvalue weighted by Crippen LogP contribution is 2.17. The van der Waals surface area contributed by atoms with Gasteiger partial charge >= 0.3 is 5.97 Å². The minimum absolute atomic E-state index is 0.640. The first-order valence-corrected chi connectivity index (χ1v) is 6.76. The van der Waals surface area contributed by atoms with Crippen molar-refractivity contribution in [1.29, 1.82) is 0 Å². The van der Waals surface area contributed by atoms with Gasteiger partial charge < -0.3 is 5.11 Å². The molecular formula is C16H25NO2. The summed E-state index contributed by atoms with van der Waals surface area (Å²) >= 11 is 0. The Balaban J connectivity index is 2.70. The number of carbonyl (C=O) groups is 1. The fourth-order valence-electron chi connectivity index (χ4n) is 1.89. The Morgan fingerprint density at radius 2 is 1.68 bits per heavy atom. The Hall–Kier alpha value is -1.35. The van der Waals surface area contributed by atoms with E-state index in [1.54, 1.807) is 13.8 Å². The Kier molecular flexibility index (Phi) is 5.12. The van der Waals surface area contributed by atoms with E-state index in [0.717, 1.165) is 12.0 Å². The summed E-state index contributed by atoms with van der Waals surface area (Å²) < 4.78 is 0. The quantitative estimate of drug-likeness (QED) is 0.857. The minimum atomic E-state index is -0.851. The Morgan fingerprint density at radius 3 is 2.11 bits per heavy atom. The molecule has 0 amide bonds. The average Bonchev–Trinajstić information content (AvgIpc) is 2.30. The summed E-state index contributed by atoms with van der Waals surface area (Å²) in [6.07, 6.45) is 1.08. The molecule has 0 bridgehead atoms. The third kappa shape index (κ3) is 4.35. The van der Waals surface area contributed by atoms with E-state index in [9.17, 15) is 9.90 Å². The van der Waals surface area contributed by atoms with Gasteiger partial charge in [0.1, 0.15) is 5.54 Å². The number of benzene rings is 1. The van der Waals surface area contributed by atoms with Crippen LogP contribution in [0, 0.1) is 5.92 Å². The lowest BCUT2D eigenvalue weighted by Crippen LogP contribution is -2.47. The van der Waals surface area contributed by atoms with Crippen molar-refractivity contribution < 1.29 is 9.90 Å². The molecule has 0 aliphatic heterocycles. The number of hydrogen-bond donors (Lipinski definition) is 1. The zero-order valence-corrected chi connectivity index (χ0v) is 12.6.